The normalized spacial score (nSPS) is 25.2. The van der Waals surface area contributed by atoms with Crippen LogP contribution in [-0.2, 0) is 42.8 Å². The number of carbonyl (C=O) groups is 3. The van der Waals surface area contributed by atoms with Crippen LogP contribution in [0.5, 0.6) is 0 Å². The van der Waals surface area contributed by atoms with Crippen molar-refractivity contribution in [3.63, 3.8) is 0 Å². The summed E-state index contributed by atoms with van der Waals surface area (Å²) in [5, 5.41) is 12.2. The highest BCUT2D eigenvalue weighted by atomic mass is 16.7. The molecule has 10 nitrogen and oxygen atoms in total. The Kier molecular flexibility index (Phi) is 13.7. The monoisotopic (exact) mass is 640 g/mol. The van der Waals surface area contributed by atoms with Gasteiger partial charge in [-0.05, 0) is 74.3 Å². The van der Waals surface area contributed by atoms with Crippen molar-refractivity contribution in [1.82, 2.24) is 0 Å². The van der Waals surface area contributed by atoms with Crippen LogP contribution in [0.15, 0.2) is 12.2 Å². The SMILES string of the molecule is C=C(C(CCCCCCCCC)C1OCCO1)C1(O)C[C@@H](C(=O)OC(C)(C)C)[C@](CC(=O)OC(C)(C)C)(C(=O)OC(C)(C)C)O1. The van der Waals surface area contributed by atoms with Crippen LogP contribution < -0.4 is 0 Å². The summed E-state index contributed by atoms with van der Waals surface area (Å²) in [5.41, 5.74) is -4.85. The first kappa shape index (κ1) is 39.2. The zero-order valence-electron chi connectivity index (χ0n) is 29.5. The van der Waals surface area contributed by atoms with Crippen LogP contribution in [0.1, 0.15) is 133 Å². The Morgan fingerprint density at radius 2 is 1.33 bits per heavy atom. The van der Waals surface area contributed by atoms with Gasteiger partial charge in [0.2, 0.25) is 0 Å². The lowest BCUT2D eigenvalue weighted by atomic mass is 9.80. The van der Waals surface area contributed by atoms with E-state index in [4.69, 9.17) is 28.4 Å². The lowest BCUT2D eigenvalue weighted by Gasteiger charge is -2.37. The largest absolute Gasteiger partial charge is 0.460 e. The predicted octanol–water partition coefficient (Wildman–Crippen LogP) is 6.55. The molecule has 2 fully saturated rings. The molecule has 0 aromatic rings. The number of hydrogen-bond acceptors (Lipinski definition) is 10. The molecule has 2 unspecified atom stereocenters. The highest BCUT2D eigenvalue weighted by Gasteiger charge is 2.67. The number of esters is 3. The van der Waals surface area contributed by atoms with Crippen LogP contribution in [0.4, 0.5) is 0 Å². The van der Waals surface area contributed by atoms with Crippen molar-refractivity contribution >= 4 is 17.9 Å². The Balaban J connectivity index is 2.52. The maximum absolute atomic E-state index is 14.1. The minimum Gasteiger partial charge on any atom is -0.460 e. The van der Waals surface area contributed by atoms with Crippen LogP contribution in [-0.4, -0.2) is 70.7 Å². The van der Waals surface area contributed by atoms with Gasteiger partial charge in [0.15, 0.2) is 17.7 Å². The smallest absolute Gasteiger partial charge is 0.340 e. The summed E-state index contributed by atoms with van der Waals surface area (Å²) < 4.78 is 35.1. The van der Waals surface area contributed by atoms with E-state index >= 15 is 0 Å². The molecule has 2 aliphatic rings. The number of carbonyl (C=O) groups excluding carboxylic acids is 3. The summed E-state index contributed by atoms with van der Waals surface area (Å²) in [4.78, 5) is 41.2. The molecule has 2 aliphatic heterocycles. The Bertz CT molecular complexity index is 1010. The van der Waals surface area contributed by atoms with Gasteiger partial charge in [-0.1, -0.05) is 58.4 Å². The summed E-state index contributed by atoms with van der Waals surface area (Å²) in [6, 6.07) is 0. The van der Waals surface area contributed by atoms with E-state index in [9.17, 15) is 19.5 Å². The van der Waals surface area contributed by atoms with Crippen molar-refractivity contribution in [2.45, 2.75) is 168 Å². The number of unbranched alkanes of at least 4 members (excludes halogenated alkanes) is 6. The van der Waals surface area contributed by atoms with Gasteiger partial charge in [-0.2, -0.15) is 0 Å². The standard InChI is InChI=1S/C35H60O10/c1-12-13-14-15-16-17-18-19-25(29-40-20-21-41-29)24(2)35(39)22-26(28(37)43-32(6,7)8)34(45-35,30(38)44-33(9,10)11)23-27(36)42-31(3,4)5/h25-26,29,39H,2,12-23H2,1,3-11H3/t25?,26-,34+,35?/m0/s1. The molecule has 0 aromatic carbocycles. The highest BCUT2D eigenvalue weighted by molar-refractivity contribution is 5.93. The molecule has 0 bridgehead atoms. The van der Waals surface area contributed by atoms with Gasteiger partial charge < -0.3 is 33.5 Å². The molecule has 10 heteroatoms. The van der Waals surface area contributed by atoms with E-state index in [-0.39, 0.29) is 12.0 Å². The number of rotatable bonds is 15. The van der Waals surface area contributed by atoms with Gasteiger partial charge in [-0.15, -0.1) is 0 Å². The molecular weight excluding hydrogens is 580 g/mol. The molecular formula is C35H60O10. The Labute approximate surface area is 270 Å². The first-order valence-electron chi connectivity index (χ1n) is 16.7. The zero-order chi connectivity index (χ0) is 34.3. The van der Waals surface area contributed by atoms with Crippen molar-refractivity contribution in [3.8, 4) is 0 Å². The molecule has 0 spiro atoms. The van der Waals surface area contributed by atoms with Gasteiger partial charge in [-0.25, -0.2) is 4.79 Å². The number of aliphatic hydroxyl groups is 1. The molecule has 4 atom stereocenters. The van der Waals surface area contributed by atoms with Crippen molar-refractivity contribution in [3.05, 3.63) is 12.2 Å². The second kappa shape index (κ2) is 15.7. The second-order valence-corrected chi connectivity index (χ2v) is 15.5. The van der Waals surface area contributed by atoms with Crippen molar-refractivity contribution in [2.75, 3.05) is 13.2 Å². The Morgan fingerprint density at radius 1 is 0.822 bits per heavy atom. The lowest BCUT2D eigenvalue weighted by molar-refractivity contribution is -0.234. The fraction of sp³-hybridized carbons (Fsp3) is 0.857. The van der Waals surface area contributed by atoms with E-state index in [2.05, 4.69) is 13.5 Å². The predicted molar refractivity (Wildman–Crippen MR) is 170 cm³/mol. The first-order valence-corrected chi connectivity index (χ1v) is 16.7. The highest BCUT2D eigenvalue weighted by Crippen LogP contribution is 2.51. The fourth-order valence-corrected chi connectivity index (χ4v) is 5.77. The third-order valence-electron chi connectivity index (χ3n) is 7.70. The van der Waals surface area contributed by atoms with E-state index in [1.54, 1.807) is 62.3 Å². The van der Waals surface area contributed by atoms with E-state index < -0.39 is 70.6 Å². The van der Waals surface area contributed by atoms with Crippen LogP contribution in [0.3, 0.4) is 0 Å². The molecule has 0 aliphatic carbocycles. The second-order valence-electron chi connectivity index (χ2n) is 15.5. The molecule has 2 saturated heterocycles. The molecule has 0 aromatic heterocycles. The molecule has 0 amide bonds. The van der Waals surface area contributed by atoms with Crippen LogP contribution in [0.2, 0.25) is 0 Å². The third kappa shape index (κ3) is 11.9. The van der Waals surface area contributed by atoms with Crippen LogP contribution in [0.25, 0.3) is 0 Å². The van der Waals surface area contributed by atoms with Crippen molar-refractivity contribution in [1.29, 1.82) is 0 Å². The van der Waals surface area contributed by atoms with Crippen LogP contribution in [0, 0.1) is 11.8 Å². The Hall–Kier alpha value is -2.01. The molecule has 0 radical (unpaired) electrons. The summed E-state index contributed by atoms with van der Waals surface area (Å²) >= 11 is 0. The van der Waals surface area contributed by atoms with E-state index in [0.717, 1.165) is 25.7 Å². The summed E-state index contributed by atoms with van der Waals surface area (Å²) in [6.45, 7) is 22.4. The van der Waals surface area contributed by atoms with E-state index in [0.29, 0.717) is 19.6 Å². The van der Waals surface area contributed by atoms with Crippen LogP contribution >= 0.6 is 0 Å². The molecule has 2 rings (SSSR count). The molecule has 0 saturated carbocycles. The summed E-state index contributed by atoms with van der Waals surface area (Å²) in [6.07, 6.45) is 6.51. The van der Waals surface area contributed by atoms with Gasteiger partial charge >= 0.3 is 17.9 Å². The topological polar surface area (TPSA) is 127 Å². The van der Waals surface area contributed by atoms with Gasteiger partial charge in [-0.3, -0.25) is 9.59 Å². The quantitative estimate of drug-likeness (QED) is 0.0911. The van der Waals surface area contributed by atoms with Gasteiger partial charge in [0.1, 0.15) is 22.7 Å². The molecule has 1 N–H and O–H groups in total. The molecule has 2 heterocycles. The van der Waals surface area contributed by atoms with E-state index in [1.165, 1.54) is 19.3 Å². The number of hydrogen-bond donors (Lipinski definition) is 1. The first-order chi connectivity index (χ1) is 20.6. The maximum Gasteiger partial charge on any atom is 0.340 e. The summed E-state index contributed by atoms with van der Waals surface area (Å²) in [5.74, 6) is -6.69. The minimum absolute atomic E-state index is 0.212. The third-order valence-corrected chi connectivity index (χ3v) is 7.70. The van der Waals surface area contributed by atoms with Gasteiger partial charge in [0.25, 0.3) is 0 Å². The lowest BCUT2D eigenvalue weighted by Crippen LogP contribution is -2.54. The molecule has 45 heavy (non-hydrogen) atoms. The molecule has 260 valence electrons. The van der Waals surface area contributed by atoms with Gasteiger partial charge in [0.05, 0.1) is 19.6 Å². The van der Waals surface area contributed by atoms with Gasteiger partial charge in [0, 0.05) is 12.3 Å². The number of ether oxygens (including phenoxy) is 6. The van der Waals surface area contributed by atoms with E-state index in [1.807, 2.05) is 0 Å². The zero-order valence-corrected chi connectivity index (χ0v) is 29.5. The van der Waals surface area contributed by atoms with Crippen molar-refractivity contribution in [2.24, 2.45) is 11.8 Å². The minimum atomic E-state index is -2.25. The fourth-order valence-electron chi connectivity index (χ4n) is 5.77. The maximum atomic E-state index is 14.1. The average molecular weight is 641 g/mol. The van der Waals surface area contributed by atoms with Crippen molar-refractivity contribution < 1.29 is 47.9 Å². The summed E-state index contributed by atoms with van der Waals surface area (Å²) in [7, 11) is 0. The Morgan fingerprint density at radius 3 is 1.84 bits per heavy atom. The average Bonchev–Trinajstić information content (AvgIpc) is 3.50.